The van der Waals surface area contributed by atoms with Crippen molar-refractivity contribution < 1.29 is 14.6 Å². The Labute approximate surface area is 114 Å². The zero-order chi connectivity index (χ0) is 14.1. The molecular weight excluding hydrogens is 242 g/mol. The monoisotopic (exact) mass is 265 g/mol. The maximum atomic E-state index is 11.6. The lowest BCUT2D eigenvalue weighted by Crippen LogP contribution is -2.33. The number of hydrogen-bond acceptors (Lipinski definition) is 3. The summed E-state index contributed by atoms with van der Waals surface area (Å²) in [6, 6.07) is 7.86. The minimum Gasteiger partial charge on any atom is -0.493 e. The predicted octanol–water partition coefficient (Wildman–Crippen LogP) is 2.04. The van der Waals surface area contributed by atoms with Gasteiger partial charge in [0.05, 0.1) is 6.61 Å². The summed E-state index contributed by atoms with van der Waals surface area (Å²) in [5.74, 6) is 0.880. The predicted molar refractivity (Wildman–Crippen MR) is 75.2 cm³/mol. The summed E-state index contributed by atoms with van der Waals surface area (Å²) in [5, 5.41) is 11.6. The first kappa shape index (κ1) is 15.5. The molecule has 0 aliphatic carbocycles. The lowest BCUT2D eigenvalue weighted by atomic mass is 10.2. The first-order valence-corrected chi connectivity index (χ1v) is 6.72. The van der Waals surface area contributed by atoms with Gasteiger partial charge in [0, 0.05) is 19.1 Å². The third kappa shape index (κ3) is 6.25. The lowest BCUT2D eigenvalue weighted by Gasteiger charge is -2.12. The molecule has 1 amide bonds. The molecule has 0 spiro atoms. The topological polar surface area (TPSA) is 58.6 Å². The van der Waals surface area contributed by atoms with E-state index in [1.807, 2.05) is 38.1 Å². The highest BCUT2D eigenvalue weighted by Crippen LogP contribution is 2.16. The van der Waals surface area contributed by atoms with Crippen LogP contribution in [0.2, 0.25) is 0 Å². The first-order valence-electron chi connectivity index (χ1n) is 6.72. The maximum absolute atomic E-state index is 11.6. The largest absolute Gasteiger partial charge is 0.493 e. The van der Waals surface area contributed by atoms with Crippen molar-refractivity contribution in [1.82, 2.24) is 5.32 Å². The van der Waals surface area contributed by atoms with Gasteiger partial charge in [-0.3, -0.25) is 4.79 Å². The third-order valence-electron chi connectivity index (χ3n) is 2.87. The molecule has 1 unspecified atom stereocenters. The normalized spacial score (nSPS) is 11.9. The van der Waals surface area contributed by atoms with Gasteiger partial charge in [0.15, 0.2) is 0 Å². The Balaban J connectivity index is 2.17. The summed E-state index contributed by atoms with van der Waals surface area (Å²) in [7, 11) is 0. The number of rotatable bonds is 8. The molecule has 4 heteroatoms. The van der Waals surface area contributed by atoms with Crippen molar-refractivity contribution in [1.29, 1.82) is 0 Å². The van der Waals surface area contributed by atoms with Crippen molar-refractivity contribution in [2.45, 2.75) is 39.2 Å². The summed E-state index contributed by atoms with van der Waals surface area (Å²) in [4.78, 5) is 11.6. The molecule has 0 heterocycles. The highest BCUT2D eigenvalue weighted by atomic mass is 16.5. The van der Waals surface area contributed by atoms with Crippen LogP contribution in [0.5, 0.6) is 5.75 Å². The lowest BCUT2D eigenvalue weighted by molar-refractivity contribution is -0.122. The molecule has 0 aliphatic heterocycles. The van der Waals surface area contributed by atoms with Gasteiger partial charge < -0.3 is 15.2 Å². The molecule has 1 rings (SSSR count). The van der Waals surface area contributed by atoms with Crippen LogP contribution in [0.3, 0.4) is 0 Å². The van der Waals surface area contributed by atoms with Gasteiger partial charge in [-0.1, -0.05) is 18.2 Å². The number of carbonyl (C=O) groups is 1. The number of nitrogens with one attached hydrogen (secondary N) is 1. The van der Waals surface area contributed by atoms with Gasteiger partial charge >= 0.3 is 0 Å². The van der Waals surface area contributed by atoms with Crippen LogP contribution in [0.15, 0.2) is 24.3 Å². The molecule has 4 nitrogen and oxygen atoms in total. The van der Waals surface area contributed by atoms with Crippen LogP contribution in [0.4, 0.5) is 0 Å². The number of amides is 1. The number of aliphatic hydroxyl groups is 1. The van der Waals surface area contributed by atoms with E-state index in [0.717, 1.165) is 11.3 Å². The average Bonchev–Trinajstić information content (AvgIpc) is 2.36. The molecule has 1 aromatic rings. The van der Waals surface area contributed by atoms with Crippen LogP contribution in [0.25, 0.3) is 0 Å². The molecule has 1 aromatic carbocycles. The fraction of sp³-hybridized carbons (Fsp3) is 0.533. The van der Waals surface area contributed by atoms with Crippen LogP contribution < -0.4 is 10.1 Å². The molecular formula is C15H23NO3. The summed E-state index contributed by atoms with van der Waals surface area (Å²) < 4.78 is 5.62. The average molecular weight is 265 g/mol. The number of ether oxygens (including phenoxy) is 1. The maximum Gasteiger partial charge on any atom is 0.220 e. The molecule has 0 fully saturated rings. The van der Waals surface area contributed by atoms with E-state index >= 15 is 0 Å². The first-order chi connectivity index (χ1) is 9.13. The van der Waals surface area contributed by atoms with Gasteiger partial charge in [-0.15, -0.1) is 0 Å². The summed E-state index contributed by atoms with van der Waals surface area (Å²) >= 11 is 0. The molecule has 2 N–H and O–H groups in total. The number of benzene rings is 1. The van der Waals surface area contributed by atoms with Crippen LogP contribution >= 0.6 is 0 Å². The van der Waals surface area contributed by atoms with Crippen molar-refractivity contribution in [3.63, 3.8) is 0 Å². The van der Waals surface area contributed by atoms with Crippen LogP contribution in [0.1, 0.15) is 31.7 Å². The van der Waals surface area contributed by atoms with E-state index in [1.165, 1.54) is 0 Å². The zero-order valence-corrected chi connectivity index (χ0v) is 11.7. The molecule has 0 saturated heterocycles. The summed E-state index contributed by atoms with van der Waals surface area (Å²) in [6.45, 7) is 4.51. The SMILES string of the molecule is Cc1ccccc1OCCCC(=O)NC(C)CCO. The van der Waals surface area contributed by atoms with Gasteiger partial charge in [-0.2, -0.15) is 0 Å². The highest BCUT2D eigenvalue weighted by Gasteiger charge is 2.06. The fourth-order valence-electron chi connectivity index (χ4n) is 1.75. The molecule has 1 atom stereocenters. The van der Waals surface area contributed by atoms with Gasteiger partial charge in [-0.25, -0.2) is 0 Å². The fourth-order valence-corrected chi connectivity index (χ4v) is 1.75. The van der Waals surface area contributed by atoms with Gasteiger partial charge in [0.2, 0.25) is 5.91 Å². The minimum absolute atomic E-state index is 0.00864. The van der Waals surface area contributed by atoms with Crippen molar-refractivity contribution in [3.8, 4) is 5.75 Å². The molecule has 106 valence electrons. The van der Waals surface area contributed by atoms with E-state index in [2.05, 4.69) is 5.32 Å². The van der Waals surface area contributed by atoms with E-state index in [0.29, 0.717) is 25.9 Å². The Morgan fingerprint density at radius 1 is 1.42 bits per heavy atom. The quantitative estimate of drug-likeness (QED) is 0.707. The molecule has 0 bridgehead atoms. The van der Waals surface area contributed by atoms with Crippen molar-refractivity contribution in [3.05, 3.63) is 29.8 Å². The van der Waals surface area contributed by atoms with Gasteiger partial charge in [-0.05, 0) is 38.3 Å². The van der Waals surface area contributed by atoms with Crippen LogP contribution in [0, 0.1) is 6.92 Å². The Kier molecular flexibility index (Phi) is 6.97. The molecule has 0 saturated carbocycles. The minimum atomic E-state index is 0.00864. The molecule has 0 aromatic heterocycles. The standard InChI is InChI=1S/C15H23NO3/c1-12-6-3-4-7-14(12)19-11-5-8-15(18)16-13(2)9-10-17/h3-4,6-7,13,17H,5,8-11H2,1-2H3,(H,16,18). The van der Waals surface area contributed by atoms with E-state index in [-0.39, 0.29) is 18.6 Å². The van der Waals surface area contributed by atoms with Crippen molar-refractivity contribution in [2.75, 3.05) is 13.2 Å². The highest BCUT2D eigenvalue weighted by molar-refractivity contribution is 5.76. The molecule has 0 aliphatic rings. The van der Waals surface area contributed by atoms with Crippen molar-refractivity contribution >= 4 is 5.91 Å². The Bertz CT molecular complexity index is 393. The molecule has 0 radical (unpaired) electrons. The summed E-state index contributed by atoms with van der Waals surface area (Å²) in [5.41, 5.74) is 1.10. The van der Waals surface area contributed by atoms with Gasteiger partial charge in [0.25, 0.3) is 0 Å². The van der Waals surface area contributed by atoms with E-state index in [9.17, 15) is 4.79 Å². The number of hydrogen-bond donors (Lipinski definition) is 2. The van der Waals surface area contributed by atoms with E-state index < -0.39 is 0 Å². The third-order valence-corrected chi connectivity index (χ3v) is 2.87. The van der Waals surface area contributed by atoms with Gasteiger partial charge in [0.1, 0.15) is 5.75 Å². The zero-order valence-electron chi connectivity index (χ0n) is 11.7. The van der Waals surface area contributed by atoms with Crippen LogP contribution in [-0.4, -0.2) is 30.3 Å². The Morgan fingerprint density at radius 3 is 2.84 bits per heavy atom. The number of aryl methyl sites for hydroxylation is 1. The Hall–Kier alpha value is -1.55. The summed E-state index contributed by atoms with van der Waals surface area (Å²) in [6.07, 6.45) is 1.72. The van der Waals surface area contributed by atoms with E-state index in [1.54, 1.807) is 0 Å². The smallest absolute Gasteiger partial charge is 0.220 e. The second kappa shape index (κ2) is 8.53. The second-order valence-corrected chi connectivity index (χ2v) is 4.70. The van der Waals surface area contributed by atoms with E-state index in [4.69, 9.17) is 9.84 Å². The van der Waals surface area contributed by atoms with Crippen molar-refractivity contribution in [2.24, 2.45) is 0 Å². The second-order valence-electron chi connectivity index (χ2n) is 4.70. The number of para-hydroxylation sites is 1. The molecule has 19 heavy (non-hydrogen) atoms. The van der Waals surface area contributed by atoms with Crippen LogP contribution in [-0.2, 0) is 4.79 Å². The Morgan fingerprint density at radius 2 is 2.16 bits per heavy atom. The number of aliphatic hydroxyl groups excluding tert-OH is 1. The number of carbonyl (C=O) groups excluding carboxylic acids is 1.